The van der Waals surface area contributed by atoms with Crippen LogP contribution in [0.25, 0.3) is 10.8 Å². The van der Waals surface area contributed by atoms with Gasteiger partial charge in [0, 0.05) is 24.9 Å². The highest BCUT2D eigenvalue weighted by Gasteiger charge is 2.15. The summed E-state index contributed by atoms with van der Waals surface area (Å²) in [5.74, 6) is 0.787. The molecular formula is C26H23FN2O3. The van der Waals surface area contributed by atoms with E-state index >= 15 is 0 Å². The van der Waals surface area contributed by atoms with Gasteiger partial charge in [0.1, 0.15) is 17.3 Å². The molecule has 0 aliphatic carbocycles. The third-order valence-electron chi connectivity index (χ3n) is 5.25. The van der Waals surface area contributed by atoms with Crippen LogP contribution in [0.5, 0.6) is 17.4 Å². The summed E-state index contributed by atoms with van der Waals surface area (Å²) in [6.07, 6.45) is 1.63. The van der Waals surface area contributed by atoms with Crippen molar-refractivity contribution >= 4 is 16.7 Å². The van der Waals surface area contributed by atoms with Crippen molar-refractivity contribution in [1.82, 2.24) is 10.3 Å². The predicted octanol–water partition coefficient (Wildman–Crippen LogP) is 5.59. The van der Waals surface area contributed by atoms with Gasteiger partial charge in [0.05, 0.1) is 13.0 Å². The molecule has 0 aliphatic heterocycles. The molecule has 0 aliphatic rings. The zero-order chi connectivity index (χ0) is 22.5. The molecule has 0 spiro atoms. The summed E-state index contributed by atoms with van der Waals surface area (Å²) in [7, 11) is 1.64. The first-order valence-electron chi connectivity index (χ1n) is 10.3. The van der Waals surface area contributed by atoms with Gasteiger partial charge in [0.2, 0.25) is 11.8 Å². The second-order valence-electron chi connectivity index (χ2n) is 7.48. The fraction of sp³-hybridized carbons (Fsp3) is 0.154. The minimum absolute atomic E-state index is 0.0713. The quantitative estimate of drug-likeness (QED) is 0.415. The Morgan fingerprint density at radius 1 is 1.00 bits per heavy atom. The fourth-order valence-corrected chi connectivity index (χ4v) is 3.36. The van der Waals surface area contributed by atoms with Gasteiger partial charge in [-0.1, -0.05) is 36.4 Å². The number of nitrogens with zero attached hydrogens (tertiary/aromatic N) is 1. The van der Waals surface area contributed by atoms with Gasteiger partial charge in [-0.05, 0) is 53.1 Å². The van der Waals surface area contributed by atoms with E-state index in [1.807, 2.05) is 49.4 Å². The van der Waals surface area contributed by atoms with Crippen LogP contribution in [0.2, 0.25) is 0 Å². The number of fused-ring (bicyclic) bond motifs is 1. The number of pyridine rings is 1. The number of ether oxygens (including phenoxy) is 2. The van der Waals surface area contributed by atoms with Crippen molar-refractivity contribution in [2.24, 2.45) is 0 Å². The van der Waals surface area contributed by atoms with E-state index in [1.54, 1.807) is 31.5 Å². The Morgan fingerprint density at radius 2 is 1.81 bits per heavy atom. The van der Waals surface area contributed by atoms with Crippen molar-refractivity contribution in [1.29, 1.82) is 0 Å². The monoisotopic (exact) mass is 430 g/mol. The zero-order valence-electron chi connectivity index (χ0n) is 17.8. The molecule has 3 aromatic carbocycles. The van der Waals surface area contributed by atoms with Crippen LogP contribution in [0, 0.1) is 5.82 Å². The smallest absolute Gasteiger partial charge is 0.227 e. The lowest BCUT2D eigenvalue weighted by Gasteiger charge is -2.14. The predicted molar refractivity (Wildman–Crippen MR) is 121 cm³/mol. The Bertz CT molecular complexity index is 1240. The van der Waals surface area contributed by atoms with Crippen LogP contribution in [-0.4, -0.2) is 18.0 Å². The number of carbonyl (C=O) groups is 1. The highest BCUT2D eigenvalue weighted by atomic mass is 19.1. The largest absolute Gasteiger partial charge is 0.497 e. The van der Waals surface area contributed by atoms with E-state index in [0.29, 0.717) is 18.2 Å². The maximum Gasteiger partial charge on any atom is 0.227 e. The fourth-order valence-electron chi connectivity index (χ4n) is 3.36. The number of amides is 1. The Morgan fingerprint density at radius 3 is 2.56 bits per heavy atom. The van der Waals surface area contributed by atoms with Crippen molar-refractivity contribution in [3.8, 4) is 17.4 Å². The number of rotatable bonds is 7. The molecule has 0 unspecified atom stereocenters. The highest BCUT2D eigenvalue weighted by molar-refractivity contribution is 5.88. The van der Waals surface area contributed by atoms with E-state index < -0.39 is 0 Å². The second kappa shape index (κ2) is 9.47. The first-order valence-corrected chi connectivity index (χ1v) is 10.3. The van der Waals surface area contributed by atoms with E-state index in [-0.39, 0.29) is 17.6 Å². The van der Waals surface area contributed by atoms with Crippen LogP contribution in [0.4, 0.5) is 4.39 Å². The van der Waals surface area contributed by atoms with Gasteiger partial charge in [0.25, 0.3) is 0 Å². The summed E-state index contributed by atoms with van der Waals surface area (Å²) < 4.78 is 24.1. The van der Waals surface area contributed by atoms with Crippen molar-refractivity contribution in [3.05, 3.63) is 95.9 Å². The number of aromatic nitrogens is 1. The van der Waals surface area contributed by atoms with Crippen LogP contribution < -0.4 is 14.8 Å². The third-order valence-corrected chi connectivity index (χ3v) is 5.25. The molecule has 4 aromatic rings. The van der Waals surface area contributed by atoms with Crippen LogP contribution in [0.3, 0.4) is 0 Å². The first kappa shape index (κ1) is 21.3. The minimum Gasteiger partial charge on any atom is -0.497 e. The van der Waals surface area contributed by atoms with E-state index in [2.05, 4.69) is 10.3 Å². The standard InChI is InChI=1S/C26H23FN2O3/c1-17(19-7-8-21-13-23(31-2)10-9-20(21)12-19)26(30)29-16-18-6-11-25(28-15-18)32-24-5-3-4-22(27)14-24/h3-15,17H,16H2,1-2H3,(H,29,30)/t17-/m0/s1. The Balaban J connectivity index is 1.36. The molecule has 0 bridgehead atoms. The lowest BCUT2D eigenvalue weighted by Crippen LogP contribution is -2.27. The van der Waals surface area contributed by atoms with Crippen molar-refractivity contribution < 1.29 is 18.7 Å². The number of halogens is 1. The molecule has 0 saturated heterocycles. The molecule has 4 rings (SSSR count). The van der Waals surface area contributed by atoms with Gasteiger partial charge in [-0.25, -0.2) is 9.37 Å². The molecule has 32 heavy (non-hydrogen) atoms. The molecule has 0 saturated carbocycles. The SMILES string of the molecule is COc1ccc2cc([C@H](C)C(=O)NCc3ccc(Oc4cccc(F)c4)nc3)ccc2c1. The topological polar surface area (TPSA) is 60.5 Å². The molecule has 1 aromatic heterocycles. The number of hydrogen-bond acceptors (Lipinski definition) is 4. The minimum atomic E-state index is -0.373. The molecule has 1 heterocycles. The van der Waals surface area contributed by atoms with Gasteiger partial charge in [-0.15, -0.1) is 0 Å². The van der Waals surface area contributed by atoms with Gasteiger partial charge in [-0.3, -0.25) is 4.79 Å². The Hall–Kier alpha value is -3.93. The Kier molecular flexibility index (Phi) is 6.31. The maximum atomic E-state index is 13.3. The molecule has 162 valence electrons. The van der Waals surface area contributed by atoms with E-state index in [1.165, 1.54) is 12.1 Å². The molecule has 1 atom stereocenters. The van der Waals surface area contributed by atoms with Crippen LogP contribution >= 0.6 is 0 Å². The molecule has 0 radical (unpaired) electrons. The number of nitrogens with one attached hydrogen (secondary N) is 1. The summed E-state index contributed by atoms with van der Waals surface area (Å²) in [6, 6.07) is 21.2. The van der Waals surface area contributed by atoms with Crippen LogP contribution in [0.1, 0.15) is 24.0 Å². The molecule has 1 amide bonds. The summed E-state index contributed by atoms with van der Waals surface area (Å²) in [5, 5.41) is 5.07. The number of methoxy groups -OCH3 is 1. The lowest BCUT2D eigenvalue weighted by molar-refractivity contribution is -0.122. The lowest BCUT2D eigenvalue weighted by atomic mass is 9.97. The number of carbonyl (C=O) groups excluding carboxylic acids is 1. The summed E-state index contributed by atoms with van der Waals surface area (Å²) in [4.78, 5) is 16.9. The number of hydrogen-bond donors (Lipinski definition) is 1. The van der Waals surface area contributed by atoms with Gasteiger partial charge >= 0.3 is 0 Å². The molecule has 0 fully saturated rings. The van der Waals surface area contributed by atoms with Crippen LogP contribution in [0.15, 0.2) is 79.0 Å². The third kappa shape index (κ3) is 5.03. The van der Waals surface area contributed by atoms with Crippen molar-refractivity contribution in [2.75, 3.05) is 7.11 Å². The van der Waals surface area contributed by atoms with Gasteiger partial charge < -0.3 is 14.8 Å². The average Bonchev–Trinajstić information content (AvgIpc) is 2.82. The normalized spacial score (nSPS) is 11.7. The summed E-state index contributed by atoms with van der Waals surface area (Å²) in [6.45, 7) is 2.23. The maximum absolute atomic E-state index is 13.3. The average molecular weight is 430 g/mol. The summed E-state index contributed by atoms with van der Waals surface area (Å²) >= 11 is 0. The van der Waals surface area contributed by atoms with E-state index in [9.17, 15) is 9.18 Å². The zero-order valence-corrected chi connectivity index (χ0v) is 17.8. The number of benzene rings is 3. The summed E-state index contributed by atoms with van der Waals surface area (Å²) in [5.41, 5.74) is 1.78. The first-order chi connectivity index (χ1) is 15.5. The van der Waals surface area contributed by atoms with Crippen LogP contribution in [-0.2, 0) is 11.3 Å². The van der Waals surface area contributed by atoms with Gasteiger partial charge in [0.15, 0.2) is 0 Å². The van der Waals surface area contributed by atoms with Crippen molar-refractivity contribution in [3.63, 3.8) is 0 Å². The second-order valence-corrected chi connectivity index (χ2v) is 7.48. The van der Waals surface area contributed by atoms with E-state index in [4.69, 9.17) is 9.47 Å². The Labute approximate surface area is 185 Å². The molecule has 1 N–H and O–H groups in total. The molecular weight excluding hydrogens is 407 g/mol. The van der Waals surface area contributed by atoms with E-state index in [0.717, 1.165) is 27.6 Å². The molecule has 6 heteroatoms. The van der Waals surface area contributed by atoms with Crippen molar-refractivity contribution in [2.45, 2.75) is 19.4 Å². The molecule has 5 nitrogen and oxygen atoms in total. The van der Waals surface area contributed by atoms with Gasteiger partial charge in [-0.2, -0.15) is 0 Å². The highest BCUT2D eigenvalue weighted by Crippen LogP contribution is 2.25.